The smallest absolute Gasteiger partial charge is 0.0716 e. The van der Waals surface area contributed by atoms with Crippen LogP contribution in [0.3, 0.4) is 0 Å². The van der Waals surface area contributed by atoms with Crippen molar-refractivity contribution in [2.45, 2.75) is 260 Å². The number of benzene rings is 2. The van der Waals surface area contributed by atoms with Gasteiger partial charge in [0.05, 0.1) is 15.2 Å². The van der Waals surface area contributed by atoms with Crippen molar-refractivity contribution >= 4 is 96.6 Å². The van der Waals surface area contributed by atoms with Crippen molar-refractivity contribution in [1.82, 2.24) is 0 Å². The van der Waals surface area contributed by atoms with Gasteiger partial charge in [-0.1, -0.05) is 331 Å². The molecule has 0 spiro atoms. The molecule has 0 atom stereocenters. The zero-order valence-corrected chi connectivity index (χ0v) is 60.1. The molecule has 0 fully saturated rings. The van der Waals surface area contributed by atoms with Crippen molar-refractivity contribution in [3.8, 4) is 0 Å². The molecular formula is C52H114Si12. The highest BCUT2D eigenvalue weighted by Crippen LogP contribution is 2.60. The van der Waals surface area contributed by atoms with E-state index >= 15 is 0 Å². The Morgan fingerprint density at radius 2 is 0.375 bits per heavy atom. The standard InChI is InChI=1S/C52H114Si12/c1-25-57(26-2,53(17,18)51-47-43-41-44-48-51)61(33-9,34-10)63(37-13,38-14)59(29-5,30-6)55(21,22)56(23,24)60(31-7,32-8)64(39-15,40-16)62(35-11,36-12)58(27-3,28-4)54(19,20)52-49-45-42-46-50-52/h41-50H,25-40H2,1-24H3. The van der Waals surface area contributed by atoms with Crippen molar-refractivity contribution in [2.75, 3.05) is 0 Å². The summed E-state index contributed by atoms with van der Waals surface area (Å²) in [6.07, 6.45) is 0. The molecule has 0 radical (unpaired) electrons. The molecule has 64 heavy (non-hydrogen) atoms. The molecule has 12 heteroatoms. The van der Waals surface area contributed by atoms with Crippen LogP contribution in [-0.4, -0.2) is 86.3 Å². The molecule has 0 nitrogen and oxygen atoms in total. The SMILES string of the molecule is CC[Si](CC)([Si](C)(C)c1ccccc1)[Si](CC)(CC)[Si](CC)(CC)[Si](CC)(CC)[Si](C)(C)[Si](C)(C)[Si](CC)(CC)[Si](CC)(CC)[Si](CC)(CC)[Si](CC)(CC)[Si](C)(C)c1ccccc1. The predicted molar refractivity (Wildman–Crippen MR) is 336 cm³/mol. The Balaban J connectivity index is 3.48. The normalized spacial score (nSPS) is 14.9. The van der Waals surface area contributed by atoms with Crippen molar-refractivity contribution in [1.29, 1.82) is 0 Å². The Morgan fingerprint density at radius 3 is 0.531 bits per heavy atom. The van der Waals surface area contributed by atoms with Gasteiger partial charge in [0.1, 0.15) is 0 Å². The molecule has 0 saturated carbocycles. The summed E-state index contributed by atoms with van der Waals surface area (Å²) in [6, 6.07) is 50.7. The summed E-state index contributed by atoms with van der Waals surface area (Å²) in [5, 5.41) is 3.66. The summed E-state index contributed by atoms with van der Waals surface area (Å²) >= 11 is 0. The molecule has 0 saturated heterocycles. The van der Waals surface area contributed by atoms with Gasteiger partial charge in [-0.25, -0.2) is 0 Å². The van der Waals surface area contributed by atoms with E-state index in [0.717, 1.165) is 0 Å². The van der Waals surface area contributed by atoms with Crippen LogP contribution in [0.5, 0.6) is 0 Å². The predicted octanol–water partition coefficient (Wildman–Crippen LogP) is 17.4. The Bertz CT molecular complexity index is 1550. The second-order valence-electron chi connectivity index (χ2n) is 23.5. The molecule has 0 aromatic heterocycles. The third kappa shape index (κ3) is 7.83. The van der Waals surface area contributed by atoms with Gasteiger partial charge in [0.25, 0.3) is 0 Å². The van der Waals surface area contributed by atoms with Crippen molar-refractivity contribution < 1.29 is 0 Å². The Kier molecular flexibility index (Phi) is 22.0. The number of rotatable bonds is 29. The highest BCUT2D eigenvalue weighted by Gasteiger charge is 2.80. The van der Waals surface area contributed by atoms with Crippen LogP contribution in [0.15, 0.2) is 60.7 Å². The molecule has 370 valence electrons. The van der Waals surface area contributed by atoms with Crippen LogP contribution in [0.4, 0.5) is 0 Å². The molecule has 0 bridgehead atoms. The van der Waals surface area contributed by atoms with Gasteiger partial charge in [0, 0.05) is 71.1 Å². The average molecular weight is 1080 g/mol. The third-order valence-electron chi connectivity index (χ3n) is 24.5. The molecule has 0 amide bonds. The highest BCUT2D eigenvalue weighted by molar-refractivity contribution is 8.10. The van der Waals surface area contributed by atoms with Gasteiger partial charge in [0.2, 0.25) is 0 Å². The fraction of sp³-hybridized carbons (Fsp3) is 0.769. The minimum atomic E-state index is -1.83. The molecular weight excluding hydrogens is 962 g/mol. The highest BCUT2D eigenvalue weighted by atomic mass is 30.1. The van der Waals surface area contributed by atoms with Gasteiger partial charge in [0.15, 0.2) is 0 Å². The van der Waals surface area contributed by atoms with Crippen molar-refractivity contribution in [2.24, 2.45) is 0 Å². The summed E-state index contributed by atoms with van der Waals surface area (Å²) in [4.78, 5) is 0. The van der Waals surface area contributed by atoms with Gasteiger partial charge in [-0.15, -0.1) is 0 Å². The van der Waals surface area contributed by atoms with Gasteiger partial charge >= 0.3 is 0 Å². The maximum atomic E-state index is 3.29. The van der Waals surface area contributed by atoms with E-state index in [4.69, 9.17) is 0 Å². The van der Waals surface area contributed by atoms with E-state index in [2.05, 4.69) is 224 Å². The van der Waals surface area contributed by atoms with Gasteiger partial charge < -0.3 is 0 Å². The van der Waals surface area contributed by atoms with E-state index in [0.29, 0.717) is 0 Å². The number of hydrogen-bond acceptors (Lipinski definition) is 0. The summed E-state index contributed by atoms with van der Waals surface area (Å²) in [7, 11) is -21.5. The van der Waals surface area contributed by atoms with E-state index in [1.54, 1.807) is 96.7 Å². The van der Waals surface area contributed by atoms with Crippen LogP contribution in [0.1, 0.15) is 111 Å². The summed E-state index contributed by atoms with van der Waals surface area (Å²) in [6.45, 7) is 70.8. The zero-order valence-electron chi connectivity index (χ0n) is 48.1. The fourth-order valence-electron chi connectivity index (χ4n) is 21.3. The lowest BCUT2D eigenvalue weighted by atomic mass is 10.4. The second-order valence-corrected chi connectivity index (χ2v) is 150. The Morgan fingerprint density at radius 1 is 0.219 bits per heavy atom. The molecule has 0 aliphatic rings. The molecule has 2 rings (SSSR count). The van der Waals surface area contributed by atoms with Gasteiger partial charge in [-0.2, -0.15) is 0 Å². The maximum Gasteiger partial charge on any atom is 0.0716 e. The third-order valence-corrected chi connectivity index (χ3v) is 292. The minimum absolute atomic E-state index is 1.56. The molecule has 2 aromatic rings. The molecule has 0 N–H and O–H groups in total. The van der Waals surface area contributed by atoms with E-state index in [1.807, 2.05) is 10.4 Å². The first-order chi connectivity index (χ1) is 29.9. The summed E-state index contributed by atoms with van der Waals surface area (Å²) in [5.41, 5.74) is 0. The van der Waals surface area contributed by atoms with E-state index in [9.17, 15) is 0 Å². The Labute approximate surface area is 413 Å². The first-order valence-electron chi connectivity index (χ1n) is 28.0. The van der Waals surface area contributed by atoms with Gasteiger partial charge in [-0.05, 0) is 0 Å². The molecule has 2 aromatic carbocycles. The first-order valence-corrected chi connectivity index (χ1v) is 70.4. The van der Waals surface area contributed by atoms with E-state index in [-0.39, 0.29) is 0 Å². The molecule has 0 heterocycles. The van der Waals surface area contributed by atoms with Crippen LogP contribution in [-0.2, 0) is 0 Å². The van der Waals surface area contributed by atoms with Crippen LogP contribution >= 0.6 is 0 Å². The Hall–Kier alpha value is 1.04. The number of hydrogen-bond donors (Lipinski definition) is 0. The van der Waals surface area contributed by atoms with E-state index in [1.165, 1.54) is 0 Å². The fourth-order valence-corrected chi connectivity index (χ4v) is 469. The topological polar surface area (TPSA) is 0 Å². The van der Waals surface area contributed by atoms with Gasteiger partial charge in [-0.3, -0.25) is 0 Å². The monoisotopic (exact) mass is 1070 g/mol. The van der Waals surface area contributed by atoms with Crippen molar-refractivity contribution in [3.63, 3.8) is 0 Å². The van der Waals surface area contributed by atoms with Crippen molar-refractivity contribution in [3.05, 3.63) is 60.7 Å². The lowest BCUT2D eigenvalue weighted by Crippen LogP contribution is -3.00. The van der Waals surface area contributed by atoms with Crippen LogP contribution in [0, 0.1) is 0 Å². The molecule has 0 aliphatic carbocycles. The summed E-state index contributed by atoms with van der Waals surface area (Å²) < 4.78 is 0. The maximum absolute atomic E-state index is 3.29. The molecule has 0 unspecified atom stereocenters. The first kappa shape index (κ1) is 61.2. The van der Waals surface area contributed by atoms with Crippen LogP contribution in [0.25, 0.3) is 0 Å². The lowest BCUT2D eigenvalue weighted by molar-refractivity contribution is 1.21. The average Bonchev–Trinajstić information content (AvgIpc) is 3.31. The summed E-state index contributed by atoms with van der Waals surface area (Å²) in [5.74, 6) is 0. The molecule has 0 aliphatic heterocycles. The largest absolute Gasteiger partial charge is 0.0735 e. The minimum Gasteiger partial charge on any atom is -0.0735 e. The quantitative estimate of drug-likeness (QED) is 0.0712. The van der Waals surface area contributed by atoms with Crippen LogP contribution < -0.4 is 10.4 Å². The zero-order chi connectivity index (χ0) is 49.5. The van der Waals surface area contributed by atoms with Crippen LogP contribution in [0.2, 0.25) is 149 Å². The lowest BCUT2D eigenvalue weighted by Gasteiger charge is -2.75. The second kappa shape index (κ2) is 23.1. The van der Waals surface area contributed by atoms with E-state index < -0.39 is 86.3 Å².